The van der Waals surface area contributed by atoms with Gasteiger partial charge in [-0.1, -0.05) is 0 Å². The fourth-order valence-electron chi connectivity index (χ4n) is 3.39. The molecule has 2 fully saturated rings. The lowest BCUT2D eigenvalue weighted by molar-refractivity contribution is -0.121. The largest absolute Gasteiger partial charge is 0.336 e. The minimum Gasteiger partial charge on any atom is -0.336 e. The van der Waals surface area contributed by atoms with Crippen molar-refractivity contribution in [2.24, 2.45) is 5.92 Å². The van der Waals surface area contributed by atoms with E-state index < -0.39 is 0 Å². The van der Waals surface area contributed by atoms with E-state index in [1.165, 1.54) is 12.8 Å². The highest BCUT2D eigenvalue weighted by Crippen LogP contribution is 2.37. The van der Waals surface area contributed by atoms with Crippen LogP contribution in [0.5, 0.6) is 0 Å². The fraction of sp³-hybridized carbons (Fsp3) is 0.579. The van der Waals surface area contributed by atoms with E-state index >= 15 is 0 Å². The highest BCUT2D eigenvalue weighted by molar-refractivity contribution is 5.96. The first-order valence-electron chi connectivity index (χ1n) is 9.25. The molecule has 136 valence electrons. The van der Waals surface area contributed by atoms with Crippen molar-refractivity contribution >= 4 is 23.3 Å². The molecule has 0 unspecified atom stereocenters. The van der Waals surface area contributed by atoms with E-state index in [0.29, 0.717) is 11.6 Å². The lowest BCUT2D eigenvalue weighted by Crippen LogP contribution is -2.44. The third-order valence-electron chi connectivity index (χ3n) is 4.70. The topological polar surface area (TPSA) is 73.5 Å². The molecule has 1 saturated heterocycles. The summed E-state index contributed by atoms with van der Waals surface area (Å²) in [7, 11) is 0. The van der Waals surface area contributed by atoms with Gasteiger partial charge in [-0.3, -0.25) is 9.69 Å². The Kier molecular flexibility index (Phi) is 5.58. The Balaban J connectivity index is 1.56. The molecule has 1 aromatic rings. The predicted octanol–water partition coefficient (Wildman–Crippen LogP) is 3.03. The smallest absolute Gasteiger partial charge is 0.319 e. The van der Waals surface area contributed by atoms with Crippen molar-refractivity contribution in [1.82, 2.24) is 10.2 Å². The third kappa shape index (κ3) is 4.95. The molecule has 1 heterocycles. The van der Waals surface area contributed by atoms with Crippen molar-refractivity contribution in [3.05, 3.63) is 24.3 Å². The number of nitrogens with zero attached hydrogens (tertiary/aromatic N) is 1. The molecule has 25 heavy (non-hydrogen) atoms. The number of benzene rings is 1. The third-order valence-corrected chi connectivity index (χ3v) is 4.70. The normalized spacial score (nSPS) is 18.8. The molecule has 0 radical (unpaired) electrons. The van der Waals surface area contributed by atoms with E-state index in [9.17, 15) is 9.59 Å². The first kappa shape index (κ1) is 17.7. The van der Waals surface area contributed by atoms with Gasteiger partial charge >= 0.3 is 6.03 Å². The van der Waals surface area contributed by atoms with Gasteiger partial charge in [0, 0.05) is 17.4 Å². The van der Waals surface area contributed by atoms with E-state index in [1.807, 2.05) is 26.0 Å². The molecule has 1 aromatic carbocycles. The van der Waals surface area contributed by atoms with Crippen LogP contribution >= 0.6 is 0 Å². The van der Waals surface area contributed by atoms with Gasteiger partial charge in [-0.2, -0.15) is 0 Å². The van der Waals surface area contributed by atoms with Gasteiger partial charge in [0.15, 0.2) is 0 Å². The number of anilines is 2. The van der Waals surface area contributed by atoms with E-state index in [-0.39, 0.29) is 24.0 Å². The maximum atomic E-state index is 12.7. The van der Waals surface area contributed by atoms with Crippen LogP contribution in [0.15, 0.2) is 24.3 Å². The summed E-state index contributed by atoms with van der Waals surface area (Å²) in [6.07, 6.45) is 4.69. The minimum absolute atomic E-state index is 0.0112. The number of rotatable bonds is 6. The fourth-order valence-corrected chi connectivity index (χ4v) is 3.39. The molecule has 1 aliphatic heterocycles. The van der Waals surface area contributed by atoms with Gasteiger partial charge in [-0.05, 0) is 82.8 Å². The zero-order valence-corrected chi connectivity index (χ0v) is 15.0. The van der Waals surface area contributed by atoms with Crippen LogP contribution in [0.3, 0.4) is 0 Å². The highest BCUT2D eigenvalue weighted by atomic mass is 16.2. The van der Waals surface area contributed by atoms with Crippen LogP contribution in [0.4, 0.5) is 16.2 Å². The van der Waals surface area contributed by atoms with Crippen LogP contribution in [-0.2, 0) is 4.79 Å². The molecule has 1 aliphatic carbocycles. The minimum atomic E-state index is -0.227. The molecule has 3 amide bonds. The van der Waals surface area contributed by atoms with Crippen molar-refractivity contribution in [3.63, 3.8) is 0 Å². The van der Waals surface area contributed by atoms with Crippen LogP contribution in [0, 0.1) is 5.92 Å². The predicted molar refractivity (Wildman–Crippen MR) is 99.7 cm³/mol. The zero-order valence-electron chi connectivity index (χ0n) is 15.0. The summed E-state index contributed by atoms with van der Waals surface area (Å²) in [6, 6.07) is 7.14. The molecule has 0 spiro atoms. The summed E-state index contributed by atoms with van der Waals surface area (Å²) in [5.41, 5.74) is 1.47. The lowest BCUT2D eigenvalue weighted by atomic mass is 10.1. The maximum absolute atomic E-state index is 12.7. The SMILES string of the molecule is CC(C)NC(=O)Nc1ccc(NC(=O)[C@@H](C2CC2)N2CCCC2)cc1. The van der Waals surface area contributed by atoms with Crippen molar-refractivity contribution in [2.75, 3.05) is 23.7 Å². The number of urea groups is 1. The van der Waals surface area contributed by atoms with Crippen LogP contribution in [-0.4, -0.2) is 42.0 Å². The van der Waals surface area contributed by atoms with Gasteiger partial charge < -0.3 is 16.0 Å². The maximum Gasteiger partial charge on any atom is 0.319 e. The number of carbonyl (C=O) groups excluding carboxylic acids is 2. The van der Waals surface area contributed by atoms with Gasteiger partial charge in [-0.15, -0.1) is 0 Å². The molecule has 1 saturated carbocycles. The highest BCUT2D eigenvalue weighted by Gasteiger charge is 2.40. The molecule has 3 N–H and O–H groups in total. The molecular formula is C19H28N4O2. The molecule has 6 nitrogen and oxygen atoms in total. The quantitative estimate of drug-likeness (QED) is 0.743. The summed E-state index contributed by atoms with van der Waals surface area (Å²) in [5.74, 6) is 0.612. The van der Waals surface area contributed by atoms with Gasteiger partial charge in [0.1, 0.15) is 0 Å². The van der Waals surface area contributed by atoms with Gasteiger partial charge in [0.2, 0.25) is 5.91 Å². The van der Waals surface area contributed by atoms with Gasteiger partial charge in [-0.25, -0.2) is 4.79 Å². The summed E-state index contributed by atoms with van der Waals surface area (Å²) in [4.78, 5) is 26.8. The second-order valence-corrected chi connectivity index (χ2v) is 7.35. The second kappa shape index (κ2) is 7.87. The van der Waals surface area contributed by atoms with Gasteiger partial charge in [0.05, 0.1) is 6.04 Å². The standard InChI is InChI=1S/C19H28N4O2/c1-13(2)20-19(25)22-16-9-7-15(8-10-16)21-18(24)17(14-5-6-14)23-11-3-4-12-23/h7-10,13-14,17H,3-6,11-12H2,1-2H3,(H,21,24)(H2,20,22,25)/t17-/m1/s1. The molecule has 0 aromatic heterocycles. The monoisotopic (exact) mass is 344 g/mol. The van der Waals surface area contributed by atoms with E-state index in [1.54, 1.807) is 12.1 Å². The number of carbonyl (C=O) groups is 2. The van der Waals surface area contributed by atoms with Gasteiger partial charge in [0.25, 0.3) is 0 Å². The Labute approximate surface area is 149 Å². The Morgan fingerprint density at radius 3 is 2.08 bits per heavy atom. The lowest BCUT2D eigenvalue weighted by Gasteiger charge is -2.26. The first-order valence-corrected chi connectivity index (χ1v) is 9.25. The van der Waals surface area contributed by atoms with Crippen LogP contribution in [0.25, 0.3) is 0 Å². The summed E-state index contributed by atoms with van der Waals surface area (Å²) in [6.45, 7) is 5.88. The Hall–Kier alpha value is -2.08. The molecular weight excluding hydrogens is 316 g/mol. The number of amides is 3. The second-order valence-electron chi connectivity index (χ2n) is 7.35. The van der Waals surface area contributed by atoms with Crippen LogP contribution < -0.4 is 16.0 Å². The van der Waals surface area contributed by atoms with Crippen molar-refractivity contribution in [1.29, 1.82) is 0 Å². The van der Waals surface area contributed by atoms with Crippen molar-refractivity contribution < 1.29 is 9.59 Å². The van der Waals surface area contributed by atoms with E-state index in [2.05, 4.69) is 20.9 Å². The number of likely N-dealkylation sites (tertiary alicyclic amines) is 1. The summed E-state index contributed by atoms with van der Waals surface area (Å²) in [5, 5.41) is 8.60. The Morgan fingerprint density at radius 1 is 1.00 bits per heavy atom. The average Bonchev–Trinajstić information content (AvgIpc) is 3.22. The van der Waals surface area contributed by atoms with E-state index in [0.717, 1.165) is 31.6 Å². The zero-order chi connectivity index (χ0) is 17.8. The number of hydrogen-bond acceptors (Lipinski definition) is 3. The van der Waals surface area contributed by atoms with Crippen LogP contribution in [0.2, 0.25) is 0 Å². The molecule has 0 bridgehead atoms. The van der Waals surface area contributed by atoms with Crippen LogP contribution in [0.1, 0.15) is 39.5 Å². The average molecular weight is 344 g/mol. The molecule has 1 atom stereocenters. The molecule has 3 rings (SSSR count). The molecule has 6 heteroatoms. The molecule has 2 aliphatic rings. The number of nitrogens with one attached hydrogen (secondary N) is 3. The van der Waals surface area contributed by atoms with Crippen molar-refractivity contribution in [2.45, 2.75) is 51.6 Å². The van der Waals surface area contributed by atoms with E-state index in [4.69, 9.17) is 0 Å². The first-order chi connectivity index (χ1) is 12.0. The Bertz CT molecular complexity index is 604. The Morgan fingerprint density at radius 2 is 1.56 bits per heavy atom. The number of hydrogen-bond donors (Lipinski definition) is 3. The summed E-state index contributed by atoms with van der Waals surface area (Å²) >= 11 is 0. The van der Waals surface area contributed by atoms with Crippen molar-refractivity contribution in [3.8, 4) is 0 Å². The summed E-state index contributed by atoms with van der Waals surface area (Å²) < 4.78 is 0.